The van der Waals surface area contributed by atoms with Crippen molar-refractivity contribution in [3.63, 3.8) is 0 Å². The summed E-state index contributed by atoms with van der Waals surface area (Å²) in [6.07, 6.45) is 0. The maximum Gasteiger partial charge on any atom is 0.0976 e. The molecule has 3 nitrogen and oxygen atoms in total. The summed E-state index contributed by atoms with van der Waals surface area (Å²) in [5.74, 6) is 5.46. The smallest absolute Gasteiger partial charge is 0.0976 e. The molecule has 1 aliphatic heterocycles. The van der Waals surface area contributed by atoms with Crippen molar-refractivity contribution in [2.24, 2.45) is 17.0 Å². The highest BCUT2D eigenvalue weighted by molar-refractivity contribution is 4.94. The fourth-order valence-electron chi connectivity index (χ4n) is 1.26. The van der Waals surface area contributed by atoms with Crippen molar-refractivity contribution in [3.05, 3.63) is 0 Å². The molecule has 0 spiro atoms. The molecule has 0 aliphatic carbocycles. The Hall–Kier alpha value is -0.190. The van der Waals surface area contributed by atoms with Crippen LogP contribution >= 0.6 is 0 Å². The number of nitrogens with zero attached hydrogens (tertiary/aromatic N) is 1. The van der Waals surface area contributed by atoms with E-state index >= 15 is 0 Å². The molecular formula is C6H14FN3. The SMILES string of the molecule is CC1(CF)CN(N)CC1N. The minimum atomic E-state index is -0.422. The topological polar surface area (TPSA) is 55.3 Å². The van der Waals surface area contributed by atoms with Gasteiger partial charge in [-0.3, -0.25) is 10.2 Å². The minimum Gasteiger partial charge on any atom is -0.326 e. The highest BCUT2D eigenvalue weighted by atomic mass is 19.1. The lowest BCUT2D eigenvalue weighted by Crippen LogP contribution is -2.39. The van der Waals surface area contributed by atoms with Crippen LogP contribution in [0.4, 0.5) is 4.39 Å². The first-order valence-electron chi connectivity index (χ1n) is 3.40. The van der Waals surface area contributed by atoms with Crippen molar-refractivity contribution >= 4 is 0 Å². The van der Waals surface area contributed by atoms with Crippen molar-refractivity contribution in [2.75, 3.05) is 19.8 Å². The maximum atomic E-state index is 12.3. The van der Waals surface area contributed by atoms with Crippen LogP contribution in [0.2, 0.25) is 0 Å². The Labute approximate surface area is 60.1 Å². The highest BCUT2D eigenvalue weighted by Gasteiger charge is 2.39. The van der Waals surface area contributed by atoms with Crippen LogP contribution in [0.25, 0.3) is 0 Å². The van der Waals surface area contributed by atoms with Crippen molar-refractivity contribution in [2.45, 2.75) is 13.0 Å². The molecule has 0 aromatic carbocycles. The lowest BCUT2D eigenvalue weighted by Gasteiger charge is -2.23. The van der Waals surface area contributed by atoms with Crippen molar-refractivity contribution < 1.29 is 4.39 Å². The summed E-state index contributed by atoms with van der Waals surface area (Å²) in [4.78, 5) is 0. The first-order valence-corrected chi connectivity index (χ1v) is 3.40. The molecule has 1 aliphatic rings. The van der Waals surface area contributed by atoms with Gasteiger partial charge in [0.25, 0.3) is 0 Å². The number of hydrogen-bond acceptors (Lipinski definition) is 3. The number of hydrazine groups is 1. The zero-order valence-corrected chi connectivity index (χ0v) is 6.18. The number of hydrogen-bond donors (Lipinski definition) is 2. The van der Waals surface area contributed by atoms with Crippen molar-refractivity contribution in [3.8, 4) is 0 Å². The van der Waals surface area contributed by atoms with E-state index in [4.69, 9.17) is 11.6 Å². The average Bonchev–Trinajstić information content (AvgIpc) is 2.09. The van der Waals surface area contributed by atoms with E-state index in [2.05, 4.69) is 0 Å². The van der Waals surface area contributed by atoms with Gasteiger partial charge in [-0.2, -0.15) is 0 Å². The Morgan fingerprint density at radius 1 is 1.80 bits per heavy atom. The van der Waals surface area contributed by atoms with Gasteiger partial charge >= 0.3 is 0 Å². The molecule has 1 heterocycles. The monoisotopic (exact) mass is 147 g/mol. The van der Waals surface area contributed by atoms with Crippen LogP contribution in [0.5, 0.6) is 0 Å². The Morgan fingerprint density at radius 3 is 2.60 bits per heavy atom. The fourth-order valence-corrected chi connectivity index (χ4v) is 1.26. The normalized spacial score (nSPS) is 42.6. The number of halogens is 1. The third-order valence-corrected chi connectivity index (χ3v) is 2.20. The number of alkyl halides is 1. The first kappa shape index (κ1) is 7.91. The van der Waals surface area contributed by atoms with Gasteiger partial charge in [-0.15, -0.1) is 0 Å². The van der Waals surface area contributed by atoms with Crippen LogP contribution in [0, 0.1) is 5.41 Å². The highest BCUT2D eigenvalue weighted by Crippen LogP contribution is 2.27. The molecule has 0 aromatic heterocycles. The van der Waals surface area contributed by atoms with Gasteiger partial charge < -0.3 is 5.73 Å². The quantitative estimate of drug-likeness (QED) is 0.491. The van der Waals surface area contributed by atoms with E-state index in [1.165, 1.54) is 0 Å². The van der Waals surface area contributed by atoms with Gasteiger partial charge in [0.15, 0.2) is 0 Å². The van der Waals surface area contributed by atoms with E-state index < -0.39 is 5.41 Å². The summed E-state index contributed by atoms with van der Waals surface area (Å²) in [7, 11) is 0. The standard InChI is InChI=1S/C6H14FN3/c1-6(3-7)4-10(9)2-5(6)8/h5H,2-4,8-9H2,1H3. The predicted molar refractivity (Wildman–Crippen MR) is 37.8 cm³/mol. The number of rotatable bonds is 1. The largest absolute Gasteiger partial charge is 0.326 e. The van der Waals surface area contributed by atoms with Crippen molar-refractivity contribution in [1.82, 2.24) is 5.01 Å². The van der Waals surface area contributed by atoms with E-state index in [1.54, 1.807) is 5.01 Å². The third-order valence-electron chi connectivity index (χ3n) is 2.20. The van der Waals surface area contributed by atoms with Crippen LogP contribution in [0.1, 0.15) is 6.92 Å². The van der Waals surface area contributed by atoms with Gasteiger partial charge in [0.1, 0.15) is 0 Å². The number of nitrogens with two attached hydrogens (primary N) is 2. The molecule has 0 aromatic rings. The zero-order valence-electron chi connectivity index (χ0n) is 6.18. The molecule has 0 saturated carbocycles. The Balaban J connectivity index is 2.61. The average molecular weight is 147 g/mol. The van der Waals surface area contributed by atoms with E-state index in [0.29, 0.717) is 13.1 Å². The molecule has 60 valence electrons. The lowest BCUT2D eigenvalue weighted by atomic mass is 9.88. The summed E-state index contributed by atoms with van der Waals surface area (Å²) >= 11 is 0. The second-order valence-electron chi connectivity index (χ2n) is 3.32. The molecule has 2 atom stereocenters. The molecular weight excluding hydrogens is 133 g/mol. The molecule has 4 heteroatoms. The van der Waals surface area contributed by atoms with E-state index in [-0.39, 0.29) is 12.7 Å². The van der Waals surface area contributed by atoms with Crippen LogP contribution in [-0.2, 0) is 0 Å². The van der Waals surface area contributed by atoms with Gasteiger partial charge in [0.2, 0.25) is 0 Å². The van der Waals surface area contributed by atoms with Gasteiger partial charge in [-0.1, -0.05) is 6.92 Å². The van der Waals surface area contributed by atoms with Crippen LogP contribution in [0.15, 0.2) is 0 Å². The molecule has 0 bridgehead atoms. The van der Waals surface area contributed by atoms with Gasteiger partial charge in [-0.25, -0.2) is 5.01 Å². The fraction of sp³-hybridized carbons (Fsp3) is 1.00. The Morgan fingerprint density at radius 2 is 2.40 bits per heavy atom. The molecule has 1 rings (SSSR count). The first-order chi connectivity index (χ1) is 4.58. The minimum absolute atomic E-state index is 0.123. The summed E-state index contributed by atoms with van der Waals surface area (Å²) in [5, 5.41) is 1.57. The van der Waals surface area contributed by atoms with E-state index in [9.17, 15) is 4.39 Å². The molecule has 0 radical (unpaired) electrons. The summed E-state index contributed by atoms with van der Waals surface area (Å²) in [6.45, 7) is 2.59. The maximum absolute atomic E-state index is 12.3. The summed E-state index contributed by atoms with van der Waals surface area (Å²) in [5.41, 5.74) is 5.23. The van der Waals surface area contributed by atoms with Crippen LogP contribution in [0.3, 0.4) is 0 Å². The second kappa shape index (κ2) is 2.45. The van der Waals surface area contributed by atoms with Gasteiger partial charge in [-0.05, 0) is 0 Å². The molecule has 2 unspecified atom stereocenters. The van der Waals surface area contributed by atoms with Crippen molar-refractivity contribution in [1.29, 1.82) is 0 Å². The lowest BCUT2D eigenvalue weighted by molar-refractivity contribution is 0.209. The van der Waals surface area contributed by atoms with E-state index in [1.807, 2.05) is 6.92 Å². The Kier molecular flexibility index (Phi) is 1.94. The molecule has 10 heavy (non-hydrogen) atoms. The van der Waals surface area contributed by atoms with Gasteiger partial charge in [0.05, 0.1) is 6.67 Å². The molecule has 1 fully saturated rings. The predicted octanol–water partition coefficient (Wildman–Crippen LogP) is -0.521. The van der Waals surface area contributed by atoms with Gasteiger partial charge in [0, 0.05) is 24.5 Å². The van der Waals surface area contributed by atoms with Crippen LogP contribution < -0.4 is 11.6 Å². The summed E-state index contributed by atoms with van der Waals surface area (Å²) in [6, 6.07) is -0.123. The third kappa shape index (κ3) is 1.14. The van der Waals surface area contributed by atoms with Crippen LogP contribution in [-0.4, -0.2) is 30.8 Å². The molecule has 4 N–H and O–H groups in total. The van der Waals surface area contributed by atoms with E-state index in [0.717, 1.165) is 0 Å². The summed E-state index contributed by atoms with van der Waals surface area (Å²) < 4.78 is 12.3. The molecule has 0 amide bonds. The zero-order chi connectivity index (χ0) is 7.78. The second-order valence-corrected chi connectivity index (χ2v) is 3.32. The molecule has 1 saturated heterocycles. The Bertz CT molecular complexity index is 130.